The van der Waals surface area contributed by atoms with E-state index in [4.69, 9.17) is 19.9 Å². The first-order valence-corrected chi connectivity index (χ1v) is 20.9. The maximum atomic E-state index is 5.49. The smallest absolute Gasteiger partial charge is 0.238 e. The van der Waals surface area contributed by atoms with E-state index < -0.39 is 0 Å². The molecule has 0 bridgehead atoms. The lowest BCUT2D eigenvalue weighted by Crippen LogP contribution is -2.19. The van der Waals surface area contributed by atoms with Gasteiger partial charge in [-0.25, -0.2) is 9.97 Å². The molecule has 1 aliphatic rings. The highest BCUT2D eigenvalue weighted by atomic mass is 15.3. The summed E-state index contributed by atoms with van der Waals surface area (Å²) < 4.78 is 2.39. The average molecular weight is 791 g/mol. The minimum Gasteiger partial charge on any atom is -0.309 e. The van der Waals surface area contributed by atoms with Gasteiger partial charge in [-0.3, -0.25) is 4.90 Å². The summed E-state index contributed by atoms with van der Waals surface area (Å²) in [5.74, 6) is 1.75. The van der Waals surface area contributed by atoms with Crippen LogP contribution in [0.3, 0.4) is 0 Å². The van der Waals surface area contributed by atoms with Crippen LogP contribution in [0.2, 0.25) is 0 Å². The Morgan fingerprint density at radius 2 is 0.984 bits per heavy atom. The van der Waals surface area contributed by atoms with Gasteiger partial charge in [-0.2, -0.15) is 9.97 Å². The van der Waals surface area contributed by atoms with Crippen LogP contribution in [0.1, 0.15) is 0 Å². The van der Waals surface area contributed by atoms with Gasteiger partial charge in [0.1, 0.15) is 0 Å². The minimum atomic E-state index is 0.539. The first kappa shape index (κ1) is 34.4. The number of pyridine rings is 1. The Kier molecular flexibility index (Phi) is 7.50. The Morgan fingerprint density at radius 3 is 1.76 bits per heavy atom. The molecule has 0 atom stereocenters. The lowest BCUT2D eigenvalue weighted by molar-refractivity contribution is 1.02. The zero-order valence-electron chi connectivity index (χ0n) is 33.3. The summed E-state index contributed by atoms with van der Waals surface area (Å²) >= 11 is 0. The number of nitrogens with zero attached hydrogens (tertiary/aromatic N) is 6. The molecule has 62 heavy (non-hydrogen) atoms. The molecule has 0 N–H and O–H groups in total. The number of anilines is 3. The van der Waals surface area contributed by atoms with Crippen LogP contribution in [0.5, 0.6) is 0 Å². The van der Waals surface area contributed by atoms with E-state index >= 15 is 0 Å². The number of benzene rings is 9. The lowest BCUT2D eigenvalue weighted by atomic mass is 9.88. The third kappa shape index (κ3) is 5.17. The van der Waals surface area contributed by atoms with Gasteiger partial charge < -0.3 is 4.57 Å². The first-order chi connectivity index (χ1) is 30.8. The Bertz CT molecular complexity index is 3690. The van der Waals surface area contributed by atoms with Crippen molar-refractivity contribution in [2.75, 3.05) is 4.90 Å². The summed E-state index contributed by atoms with van der Waals surface area (Å²) in [6, 6.07) is 72.6. The summed E-state index contributed by atoms with van der Waals surface area (Å²) in [5, 5.41) is 8.30. The zero-order chi connectivity index (χ0) is 40.7. The molecule has 3 aromatic heterocycles. The molecule has 9 aromatic carbocycles. The Balaban J connectivity index is 1.05. The topological polar surface area (TPSA) is 59.7 Å². The molecule has 288 valence electrons. The number of rotatable bonds is 5. The van der Waals surface area contributed by atoms with Gasteiger partial charge in [0.15, 0.2) is 11.6 Å². The van der Waals surface area contributed by atoms with Crippen molar-refractivity contribution in [3.8, 4) is 50.8 Å². The highest BCUT2D eigenvalue weighted by Gasteiger charge is 2.32. The van der Waals surface area contributed by atoms with Crippen LogP contribution < -0.4 is 4.90 Å². The number of hydrogen-bond donors (Lipinski definition) is 0. The van der Waals surface area contributed by atoms with E-state index in [9.17, 15) is 0 Å². The van der Waals surface area contributed by atoms with Crippen molar-refractivity contribution in [3.63, 3.8) is 0 Å². The van der Waals surface area contributed by atoms with E-state index in [-0.39, 0.29) is 0 Å². The molecule has 4 heterocycles. The van der Waals surface area contributed by atoms with Gasteiger partial charge in [0.2, 0.25) is 5.95 Å². The monoisotopic (exact) mass is 790 g/mol. The van der Waals surface area contributed by atoms with Crippen molar-refractivity contribution in [2.45, 2.75) is 0 Å². The highest BCUT2D eigenvalue weighted by Crippen LogP contribution is 2.53. The second kappa shape index (κ2) is 13.5. The van der Waals surface area contributed by atoms with Crippen molar-refractivity contribution in [3.05, 3.63) is 206 Å². The average Bonchev–Trinajstić information content (AvgIpc) is 3.69. The zero-order valence-corrected chi connectivity index (χ0v) is 33.3. The van der Waals surface area contributed by atoms with E-state index in [0.717, 1.165) is 72.2 Å². The molecule has 0 aliphatic carbocycles. The molecule has 6 nitrogen and oxygen atoms in total. The molecule has 6 heteroatoms. The van der Waals surface area contributed by atoms with E-state index in [0.29, 0.717) is 17.6 Å². The molecule has 0 spiro atoms. The van der Waals surface area contributed by atoms with Crippen LogP contribution >= 0.6 is 0 Å². The molecular formula is C56H34N6. The SMILES string of the molecule is c1ccc(-c2nc(-c3ccccc3)nc(N3c4cccc(-c5ccc(-n6c7ccccc7c7c8ccccc8ccc76)cc5)c4-c4nc5ccccc5c5cccc3c45)n2)cc1. The van der Waals surface area contributed by atoms with Gasteiger partial charge in [-0.05, 0) is 69.8 Å². The molecular weight excluding hydrogens is 757 g/mol. The third-order valence-electron chi connectivity index (χ3n) is 12.4. The molecule has 0 radical (unpaired) electrons. The van der Waals surface area contributed by atoms with Crippen LogP contribution in [0.25, 0.3) is 105 Å². The quantitative estimate of drug-likeness (QED) is 0.163. The van der Waals surface area contributed by atoms with Gasteiger partial charge in [0, 0.05) is 43.9 Å². The van der Waals surface area contributed by atoms with E-state index in [1.165, 1.54) is 32.6 Å². The van der Waals surface area contributed by atoms with Crippen LogP contribution in [0.4, 0.5) is 17.3 Å². The number of fused-ring (bicyclic) bond motifs is 9. The Hall–Kier alpha value is -8.48. The fraction of sp³-hybridized carbons (Fsp3) is 0. The minimum absolute atomic E-state index is 0.539. The molecule has 0 saturated heterocycles. The van der Waals surface area contributed by atoms with E-state index in [1.807, 2.05) is 60.7 Å². The second-order valence-electron chi connectivity index (χ2n) is 15.8. The van der Waals surface area contributed by atoms with Crippen LogP contribution in [-0.4, -0.2) is 24.5 Å². The molecule has 12 aromatic rings. The normalized spacial score (nSPS) is 12.2. The van der Waals surface area contributed by atoms with E-state index in [1.54, 1.807) is 0 Å². The van der Waals surface area contributed by atoms with Crippen molar-refractivity contribution in [2.24, 2.45) is 0 Å². The predicted molar refractivity (Wildman–Crippen MR) is 254 cm³/mol. The fourth-order valence-corrected chi connectivity index (χ4v) is 9.62. The van der Waals surface area contributed by atoms with Crippen molar-refractivity contribution in [1.29, 1.82) is 0 Å². The summed E-state index contributed by atoms with van der Waals surface area (Å²) in [7, 11) is 0. The summed E-state index contributed by atoms with van der Waals surface area (Å²) in [6.07, 6.45) is 0. The number of hydrogen-bond acceptors (Lipinski definition) is 5. The van der Waals surface area contributed by atoms with Crippen LogP contribution in [0, 0.1) is 0 Å². The molecule has 0 fully saturated rings. The molecule has 0 unspecified atom stereocenters. The standard InChI is InChI=1S/C56H34N6/c1-3-16-37(17-4-1)54-58-55(38-18-5-2-6-19-38)60-56(59-54)62-47-27-13-23-41(51(47)53-52-43(24-14-28-48(52)62)42-21-9-11-25-45(42)57-53)36-29-32-39(33-30-36)61-46-26-12-10-22-44(46)50-40-20-8-7-15-35(40)31-34-49(50)61/h1-34H. The summed E-state index contributed by atoms with van der Waals surface area (Å²) in [4.78, 5) is 23.3. The number of para-hydroxylation sites is 2. The molecule has 1 aliphatic heterocycles. The first-order valence-electron chi connectivity index (χ1n) is 20.9. The van der Waals surface area contributed by atoms with Crippen molar-refractivity contribution >= 4 is 71.6 Å². The molecule has 13 rings (SSSR count). The van der Waals surface area contributed by atoms with Gasteiger partial charge in [-0.15, -0.1) is 0 Å². The molecule has 0 saturated carbocycles. The van der Waals surface area contributed by atoms with Crippen LogP contribution in [-0.2, 0) is 0 Å². The Morgan fingerprint density at radius 1 is 0.355 bits per heavy atom. The molecule has 0 amide bonds. The van der Waals surface area contributed by atoms with Crippen molar-refractivity contribution in [1.82, 2.24) is 24.5 Å². The summed E-state index contributed by atoms with van der Waals surface area (Å²) in [6.45, 7) is 0. The highest BCUT2D eigenvalue weighted by molar-refractivity contribution is 6.22. The fourth-order valence-electron chi connectivity index (χ4n) is 9.62. The third-order valence-corrected chi connectivity index (χ3v) is 12.4. The second-order valence-corrected chi connectivity index (χ2v) is 15.8. The van der Waals surface area contributed by atoms with Crippen LogP contribution in [0.15, 0.2) is 206 Å². The lowest BCUT2D eigenvalue weighted by Gasteiger charge is -2.33. The van der Waals surface area contributed by atoms with E-state index in [2.05, 4.69) is 155 Å². The number of aromatic nitrogens is 5. The van der Waals surface area contributed by atoms with Crippen molar-refractivity contribution < 1.29 is 0 Å². The summed E-state index contributed by atoms with van der Waals surface area (Å²) in [5.41, 5.74) is 12.3. The Labute approximate surface area is 356 Å². The maximum absolute atomic E-state index is 5.49. The predicted octanol–water partition coefficient (Wildman–Crippen LogP) is 14.3. The van der Waals surface area contributed by atoms with Gasteiger partial charge >= 0.3 is 0 Å². The maximum Gasteiger partial charge on any atom is 0.238 e. The van der Waals surface area contributed by atoms with Gasteiger partial charge in [0.05, 0.1) is 33.6 Å². The largest absolute Gasteiger partial charge is 0.309 e. The van der Waals surface area contributed by atoms with Gasteiger partial charge in [-0.1, -0.05) is 164 Å². The van der Waals surface area contributed by atoms with Gasteiger partial charge in [0.25, 0.3) is 0 Å².